The monoisotopic (exact) mass is 319 g/mol. The zero-order chi connectivity index (χ0) is 16.2. The molecule has 2 aromatic carbocycles. The van der Waals surface area contributed by atoms with Crippen LogP contribution in [0.2, 0.25) is 0 Å². The van der Waals surface area contributed by atoms with Gasteiger partial charge in [0.15, 0.2) is 0 Å². The molecule has 2 aromatic rings. The molecule has 0 fully saturated rings. The molecule has 2 rings (SSSR count). The molecule has 0 saturated heterocycles. The normalized spacial score (nSPS) is 11.0. The topological polar surface area (TPSA) is 101 Å². The van der Waals surface area contributed by atoms with Crippen molar-refractivity contribution in [3.8, 4) is 0 Å². The molecule has 4 N–H and O–H groups in total. The number of nitrogens with one attached hydrogen (secondary N) is 2. The van der Waals surface area contributed by atoms with Crippen molar-refractivity contribution >= 4 is 21.7 Å². The van der Waals surface area contributed by atoms with Gasteiger partial charge in [0, 0.05) is 6.54 Å². The van der Waals surface area contributed by atoms with Crippen molar-refractivity contribution in [1.29, 1.82) is 0 Å². The quantitative estimate of drug-likeness (QED) is 0.803. The highest BCUT2D eigenvalue weighted by molar-refractivity contribution is 7.89. The molecule has 0 aliphatic carbocycles. The summed E-state index contributed by atoms with van der Waals surface area (Å²) in [6, 6.07) is 13.2. The van der Waals surface area contributed by atoms with E-state index >= 15 is 0 Å². The SMILES string of the molecule is Cc1ccc(CNC(=O)Nc2ccccc2S(N)(=O)=O)cc1. The van der Waals surface area contributed by atoms with Crippen molar-refractivity contribution in [1.82, 2.24) is 5.32 Å². The lowest BCUT2D eigenvalue weighted by Gasteiger charge is -2.10. The Morgan fingerprint density at radius 1 is 1.09 bits per heavy atom. The van der Waals surface area contributed by atoms with Crippen LogP contribution in [-0.4, -0.2) is 14.4 Å². The van der Waals surface area contributed by atoms with Gasteiger partial charge in [0.2, 0.25) is 10.0 Å². The van der Waals surface area contributed by atoms with Gasteiger partial charge in [-0.15, -0.1) is 0 Å². The van der Waals surface area contributed by atoms with Gasteiger partial charge in [0.25, 0.3) is 0 Å². The van der Waals surface area contributed by atoms with Gasteiger partial charge >= 0.3 is 6.03 Å². The number of urea groups is 1. The van der Waals surface area contributed by atoms with E-state index in [1.54, 1.807) is 6.07 Å². The molecule has 7 heteroatoms. The second-order valence-electron chi connectivity index (χ2n) is 4.83. The average molecular weight is 319 g/mol. The molecule has 0 unspecified atom stereocenters. The molecular formula is C15H17N3O3S. The summed E-state index contributed by atoms with van der Waals surface area (Å²) in [6.45, 7) is 2.32. The predicted octanol–water partition coefficient (Wildman–Crippen LogP) is 1.96. The molecule has 0 saturated carbocycles. The van der Waals surface area contributed by atoms with E-state index < -0.39 is 16.1 Å². The molecule has 0 radical (unpaired) electrons. The van der Waals surface area contributed by atoms with Crippen molar-refractivity contribution in [2.45, 2.75) is 18.4 Å². The van der Waals surface area contributed by atoms with Crippen molar-refractivity contribution in [2.75, 3.05) is 5.32 Å². The number of amides is 2. The summed E-state index contributed by atoms with van der Waals surface area (Å²) in [5.74, 6) is 0. The minimum atomic E-state index is -3.89. The number of para-hydroxylation sites is 1. The van der Waals surface area contributed by atoms with Crippen molar-refractivity contribution < 1.29 is 13.2 Å². The van der Waals surface area contributed by atoms with Crippen LogP contribution in [-0.2, 0) is 16.6 Å². The molecule has 0 spiro atoms. The Morgan fingerprint density at radius 2 is 1.73 bits per heavy atom. The fourth-order valence-electron chi connectivity index (χ4n) is 1.87. The number of hydrogen-bond acceptors (Lipinski definition) is 3. The molecule has 0 aromatic heterocycles. The first kappa shape index (κ1) is 16.0. The summed E-state index contributed by atoms with van der Waals surface area (Å²) < 4.78 is 22.9. The summed E-state index contributed by atoms with van der Waals surface area (Å²) in [6.07, 6.45) is 0. The summed E-state index contributed by atoms with van der Waals surface area (Å²) in [5.41, 5.74) is 2.22. The molecule has 0 bridgehead atoms. The number of carbonyl (C=O) groups is 1. The van der Waals surface area contributed by atoms with Gasteiger partial charge in [0.1, 0.15) is 4.90 Å². The Bertz CT molecular complexity index is 771. The highest BCUT2D eigenvalue weighted by Gasteiger charge is 2.14. The zero-order valence-corrected chi connectivity index (χ0v) is 12.9. The third-order valence-electron chi connectivity index (χ3n) is 3.02. The summed E-state index contributed by atoms with van der Waals surface area (Å²) >= 11 is 0. The van der Waals surface area contributed by atoms with Gasteiger partial charge in [-0.05, 0) is 24.6 Å². The molecule has 0 aliphatic rings. The maximum Gasteiger partial charge on any atom is 0.319 e. The summed E-state index contributed by atoms with van der Waals surface area (Å²) in [4.78, 5) is 11.7. The van der Waals surface area contributed by atoms with Crippen LogP contribution in [0.15, 0.2) is 53.4 Å². The molecule has 6 nitrogen and oxygen atoms in total. The van der Waals surface area contributed by atoms with Crippen LogP contribution in [0.4, 0.5) is 10.5 Å². The highest BCUT2D eigenvalue weighted by Crippen LogP contribution is 2.18. The van der Waals surface area contributed by atoms with Crippen LogP contribution >= 0.6 is 0 Å². The number of hydrogen-bond donors (Lipinski definition) is 3. The van der Waals surface area contributed by atoms with E-state index in [0.717, 1.165) is 11.1 Å². The number of carbonyl (C=O) groups excluding carboxylic acids is 1. The number of sulfonamides is 1. The van der Waals surface area contributed by atoms with E-state index in [4.69, 9.17) is 5.14 Å². The average Bonchev–Trinajstić information content (AvgIpc) is 2.46. The standard InChI is InChI=1S/C15H17N3O3S/c1-11-6-8-12(9-7-11)10-17-15(19)18-13-4-2-3-5-14(13)22(16,20)21/h2-9H,10H2,1H3,(H2,16,20,21)(H2,17,18,19). The second kappa shape index (κ2) is 6.59. The van der Waals surface area contributed by atoms with Crippen LogP contribution in [0.25, 0.3) is 0 Å². The first-order valence-corrected chi connectivity index (χ1v) is 8.13. The maximum absolute atomic E-state index is 11.9. The number of aryl methyl sites for hydroxylation is 1. The Balaban J connectivity index is 2.02. The van der Waals surface area contributed by atoms with Crippen LogP contribution in [0.3, 0.4) is 0 Å². The Labute approximate surface area is 129 Å². The van der Waals surface area contributed by atoms with Crippen LogP contribution in [0.5, 0.6) is 0 Å². The largest absolute Gasteiger partial charge is 0.334 e. The van der Waals surface area contributed by atoms with E-state index in [1.165, 1.54) is 18.2 Å². The lowest BCUT2D eigenvalue weighted by molar-refractivity contribution is 0.251. The number of benzene rings is 2. The smallest absolute Gasteiger partial charge is 0.319 e. The number of anilines is 1. The third-order valence-corrected chi connectivity index (χ3v) is 3.98. The van der Waals surface area contributed by atoms with Gasteiger partial charge in [0.05, 0.1) is 5.69 Å². The first-order chi connectivity index (χ1) is 10.4. The van der Waals surface area contributed by atoms with Crippen LogP contribution < -0.4 is 15.8 Å². The van der Waals surface area contributed by atoms with E-state index in [-0.39, 0.29) is 10.6 Å². The molecule has 0 atom stereocenters. The van der Waals surface area contributed by atoms with Crippen LogP contribution in [0.1, 0.15) is 11.1 Å². The molecular weight excluding hydrogens is 302 g/mol. The number of primary sulfonamides is 1. The van der Waals surface area contributed by atoms with E-state index in [0.29, 0.717) is 6.54 Å². The van der Waals surface area contributed by atoms with Crippen molar-refractivity contribution in [2.24, 2.45) is 5.14 Å². The molecule has 2 amide bonds. The molecule has 22 heavy (non-hydrogen) atoms. The van der Waals surface area contributed by atoms with E-state index in [2.05, 4.69) is 10.6 Å². The van der Waals surface area contributed by atoms with Gasteiger partial charge < -0.3 is 10.6 Å². The van der Waals surface area contributed by atoms with E-state index in [9.17, 15) is 13.2 Å². The fraction of sp³-hybridized carbons (Fsp3) is 0.133. The highest BCUT2D eigenvalue weighted by atomic mass is 32.2. The van der Waals surface area contributed by atoms with Gasteiger partial charge in [-0.2, -0.15) is 0 Å². The summed E-state index contributed by atoms with van der Waals surface area (Å²) in [7, 11) is -3.89. The van der Waals surface area contributed by atoms with Gasteiger partial charge in [-0.3, -0.25) is 0 Å². The molecule has 0 aliphatic heterocycles. The Hall–Kier alpha value is -2.38. The summed E-state index contributed by atoms with van der Waals surface area (Å²) in [5, 5.41) is 10.3. The molecule has 0 heterocycles. The van der Waals surface area contributed by atoms with Crippen LogP contribution in [0, 0.1) is 6.92 Å². The minimum absolute atomic E-state index is 0.125. The Morgan fingerprint density at radius 3 is 2.36 bits per heavy atom. The maximum atomic E-state index is 11.9. The van der Waals surface area contributed by atoms with Gasteiger partial charge in [-0.25, -0.2) is 18.4 Å². The minimum Gasteiger partial charge on any atom is -0.334 e. The fourth-order valence-corrected chi connectivity index (χ4v) is 2.57. The molecule has 116 valence electrons. The van der Waals surface area contributed by atoms with Crippen molar-refractivity contribution in [3.05, 3.63) is 59.7 Å². The predicted molar refractivity (Wildman–Crippen MR) is 84.9 cm³/mol. The zero-order valence-electron chi connectivity index (χ0n) is 12.0. The lowest BCUT2D eigenvalue weighted by atomic mass is 10.1. The van der Waals surface area contributed by atoms with Crippen molar-refractivity contribution in [3.63, 3.8) is 0 Å². The second-order valence-corrected chi connectivity index (χ2v) is 6.36. The third kappa shape index (κ3) is 4.31. The number of nitrogens with two attached hydrogens (primary N) is 1. The van der Waals surface area contributed by atoms with Gasteiger partial charge in [-0.1, -0.05) is 42.0 Å². The van der Waals surface area contributed by atoms with E-state index in [1.807, 2.05) is 31.2 Å². The Kier molecular flexibility index (Phi) is 4.79. The lowest BCUT2D eigenvalue weighted by Crippen LogP contribution is -2.29. The first-order valence-electron chi connectivity index (χ1n) is 6.58. The number of rotatable bonds is 4.